The van der Waals surface area contributed by atoms with Crippen molar-refractivity contribution < 1.29 is 19.1 Å². The van der Waals surface area contributed by atoms with Crippen LogP contribution in [0.4, 0.5) is 10.5 Å². The van der Waals surface area contributed by atoms with Gasteiger partial charge in [-0.25, -0.2) is 4.79 Å². The van der Waals surface area contributed by atoms with Gasteiger partial charge < -0.3 is 9.47 Å². The van der Waals surface area contributed by atoms with E-state index in [0.717, 1.165) is 54.7 Å². The number of Topliss-reactive ketones (excluding diaryl/α,β-unsaturated/α-hetero) is 1. The molecule has 0 saturated carbocycles. The van der Waals surface area contributed by atoms with Crippen LogP contribution < -0.4 is 10.1 Å². The number of methoxy groups -OCH3 is 1. The number of fused-ring (bicyclic) bond motifs is 1. The van der Waals surface area contributed by atoms with Gasteiger partial charge in [0.1, 0.15) is 5.75 Å². The Labute approximate surface area is 196 Å². The number of hydrogen-bond donors (Lipinski definition) is 1. The molecule has 6 heteroatoms. The summed E-state index contributed by atoms with van der Waals surface area (Å²) in [7, 11) is 1.63. The monoisotopic (exact) mass is 450 g/mol. The molecular weight excluding hydrogens is 416 g/mol. The number of aliphatic imine (C=N–C) groups is 1. The standard InChI is InChI=1S/C27H34N2O4/c1-5-6-7-8-14-33-26(31)28-21-11-9-10-19(15-21)25(30)17-24-23-16-22(32-4)13-12-20(23)18-27(2,3)29-24/h9-13,15-16H,5-8,14,17-18H2,1-4H3,(H,28,31). The normalized spacial score (nSPS) is 14.1. The maximum Gasteiger partial charge on any atom is 0.411 e. The first-order chi connectivity index (χ1) is 15.8. The summed E-state index contributed by atoms with van der Waals surface area (Å²) in [5, 5.41) is 2.72. The second kappa shape index (κ2) is 11.1. The van der Waals surface area contributed by atoms with E-state index in [1.165, 1.54) is 0 Å². The van der Waals surface area contributed by atoms with Gasteiger partial charge in [-0.15, -0.1) is 0 Å². The van der Waals surface area contributed by atoms with Crippen molar-refractivity contribution in [1.29, 1.82) is 0 Å². The number of ketones is 1. The number of carbonyl (C=O) groups excluding carboxylic acids is 2. The molecule has 0 bridgehead atoms. The molecule has 3 rings (SSSR count). The van der Waals surface area contributed by atoms with Gasteiger partial charge in [0.15, 0.2) is 5.78 Å². The third kappa shape index (κ3) is 6.91. The van der Waals surface area contributed by atoms with E-state index in [1.54, 1.807) is 31.4 Å². The molecule has 1 aliphatic heterocycles. The number of benzene rings is 2. The number of rotatable bonds is 10. The Hall–Kier alpha value is -3.15. The van der Waals surface area contributed by atoms with Crippen LogP contribution in [0.25, 0.3) is 0 Å². The van der Waals surface area contributed by atoms with Crippen molar-refractivity contribution in [3.05, 3.63) is 59.2 Å². The van der Waals surface area contributed by atoms with Crippen LogP contribution in [0, 0.1) is 0 Å². The van der Waals surface area contributed by atoms with E-state index in [2.05, 4.69) is 26.1 Å². The summed E-state index contributed by atoms with van der Waals surface area (Å²) in [6.45, 7) is 6.67. The second-order valence-corrected chi connectivity index (χ2v) is 9.07. The summed E-state index contributed by atoms with van der Waals surface area (Å²) in [6, 6.07) is 12.9. The van der Waals surface area contributed by atoms with Gasteiger partial charge in [0, 0.05) is 16.8 Å². The van der Waals surface area contributed by atoms with Crippen molar-refractivity contribution in [2.24, 2.45) is 4.99 Å². The highest BCUT2D eigenvalue weighted by atomic mass is 16.5. The molecule has 2 aromatic rings. The maximum absolute atomic E-state index is 13.1. The van der Waals surface area contributed by atoms with E-state index in [1.807, 2.05) is 18.2 Å². The summed E-state index contributed by atoms with van der Waals surface area (Å²) < 4.78 is 10.6. The molecule has 2 aromatic carbocycles. The number of carbonyl (C=O) groups is 2. The van der Waals surface area contributed by atoms with Gasteiger partial charge in [-0.2, -0.15) is 0 Å². The summed E-state index contributed by atoms with van der Waals surface area (Å²) in [6.07, 6.45) is 4.65. The van der Waals surface area contributed by atoms with Crippen molar-refractivity contribution >= 4 is 23.3 Å². The van der Waals surface area contributed by atoms with Crippen LogP contribution in [0.2, 0.25) is 0 Å². The van der Waals surface area contributed by atoms with Gasteiger partial charge in [0.05, 0.1) is 31.4 Å². The summed E-state index contributed by atoms with van der Waals surface area (Å²) in [5.74, 6) is 0.685. The van der Waals surface area contributed by atoms with Crippen LogP contribution >= 0.6 is 0 Å². The summed E-state index contributed by atoms with van der Waals surface area (Å²) in [5.41, 5.74) is 3.66. The fraction of sp³-hybridized carbons (Fsp3) is 0.444. The average molecular weight is 451 g/mol. The smallest absolute Gasteiger partial charge is 0.411 e. The Morgan fingerprint density at radius 2 is 1.91 bits per heavy atom. The predicted molar refractivity (Wildman–Crippen MR) is 132 cm³/mol. The predicted octanol–water partition coefficient (Wildman–Crippen LogP) is 6.22. The van der Waals surface area contributed by atoms with Crippen LogP contribution in [0.5, 0.6) is 5.75 Å². The van der Waals surface area contributed by atoms with E-state index in [9.17, 15) is 9.59 Å². The van der Waals surface area contributed by atoms with Crippen LogP contribution in [-0.2, 0) is 11.2 Å². The molecule has 0 saturated heterocycles. The SMILES string of the molecule is CCCCCCOC(=O)Nc1cccc(C(=O)CC2=NC(C)(C)Cc3ccc(OC)cc32)c1. The molecule has 0 spiro atoms. The maximum atomic E-state index is 13.1. The minimum absolute atomic E-state index is 0.0585. The topological polar surface area (TPSA) is 77.0 Å². The van der Waals surface area contributed by atoms with Crippen LogP contribution in [0.1, 0.15) is 74.4 Å². The molecule has 0 fully saturated rings. The van der Waals surface area contributed by atoms with Crippen LogP contribution in [-0.4, -0.2) is 36.8 Å². The zero-order chi connectivity index (χ0) is 23.8. The molecule has 0 radical (unpaired) electrons. The van der Waals surface area contributed by atoms with Gasteiger partial charge >= 0.3 is 6.09 Å². The molecular formula is C27H34N2O4. The first kappa shape index (κ1) is 24.5. The highest BCUT2D eigenvalue weighted by Gasteiger charge is 2.28. The van der Waals surface area contributed by atoms with Gasteiger partial charge in [0.2, 0.25) is 0 Å². The number of nitrogens with one attached hydrogen (secondary N) is 1. The first-order valence-electron chi connectivity index (χ1n) is 11.6. The molecule has 1 N–H and O–H groups in total. The largest absolute Gasteiger partial charge is 0.497 e. The lowest BCUT2D eigenvalue weighted by Gasteiger charge is -2.29. The molecule has 0 atom stereocenters. The van der Waals surface area contributed by atoms with Gasteiger partial charge in [-0.3, -0.25) is 15.1 Å². The third-order valence-corrected chi connectivity index (χ3v) is 5.68. The lowest BCUT2D eigenvalue weighted by atomic mass is 9.85. The molecule has 1 aliphatic rings. The quantitative estimate of drug-likeness (QED) is 0.344. The Kier molecular flexibility index (Phi) is 8.26. The number of anilines is 1. The van der Waals surface area contributed by atoms with E-state index >= 15 is 0 Å². The minimum atomic E-state index is -0.504. The summed E-state index contributed by atoms with van der Waals surface area (Å²) >= 11 is 0. The molecule has 1 heterocycles. The number of nitrogens with zero attached hydrogens (tertiary/aromatic N) is 1. The first-order valence-corrected chi connectivity index (χ1v) is 11.6. The van der Waals surface area contributed by atoms with E-state index in [4.69, 9.17) is 14.5 Å². The Bertz CT molecular complexity index is 1030. The van der Waals surface area contributed by atoms with Gasteiger partial charge in [0.25, 0.3) is 0 Å². The van der Waals surface area contributed by atoms with Crippen LogP contribution in [0.3, 0.4) is 0 Å². The van der Waals surface area contributed by atoms with Crippen molar-refractivity contribution in [3.8, 4) is 5.75 Å². The third-order valence-electron chi connectivity index (χ3n) is 5.68. The van der Waals surface area contributed by atoms with Gasteiger partial charge in [-0.05, 0) is 56.5 Å². The number of ether oxygens (including phenoxy) is 2. The Morgan fingerprint density at radius 3 is 2.67 bits per heavy atom. The molecule has 0 aliphatic carbocycles. The molecule has 33 heavy (non-hydrogen) atoms. The molecule has 6 nitrogen and oxygen atoms in total. The molecule has 1 amide bonds. The van der Waals surface area contributed by atoms with Crippen molar-refractivity contribution in [3.63, 3.8) is 0 Å². The van der Waals surface area contributed by atoms with Crippen molar-refractivity contribution in [2.45, 2.75) is 64.8 Å². The van der Waals surface area contributed by atoms with Gasteiger partial charge in [-0.1, -0.05) is 44.4 Å². The molecule has 0 aromatic heterocycles. The van der Waals surface area contributed by atoms with E-state index in [-0.39, 0.29) is 17.7 Å². The molecule has 0 unspecified atom stereocenters. The Morgan fingerprint density at radius 1 is 1.09 bits per heavy atom. The number of amides is 1. The van der Waals surface area contributed by atoms with Crippen molar-refractivity contribution in [2.75, 3.05) is 19.0 Å². The highest BCUT2D eigenvalue weighted by Crippen LogP contribution is 2.31. The summed E-state index contributed by atoms with van der Waals surface area (Å²) in [4.78, 5) is 30.1. The lowest BCUT2D eigenvalue weighted by Crippen LogP contribution is -2.30. The fourth-order valence-corrected chi connectivity index (χ4v) is 4.04. The molecule has 176 valence electrons. The fourth-order valence-electron chi connectivity index (χ4n) is 4.04. The Balaban J connectivity index is 1.68. The van der Waals surface area contributed by atoms with E-state index in [0.29, 0.717) is 17.9 Å². The number of unbranched alkanes of at least 4 members (excludes halogenated alkanes) is 3. The lowest BCUT2D eigenvalue weighted by molar-refractivity contribution is 0.1000. The minimum Gasteiger partial charge on any atom is -0.497 e. The zero-order valence-corrected chi connectivity index (χ0v) is 20.1. The average Bonchev–Trinajstić information content (AvgIpc) is 2.78. The zero-order valence-electron chi connectivity index (χ0n) is 20.1. The number of hydrogen-bond acceptors (Lipinski definition) is 5. The highest BCUT2D eigenvalue weighted by molar-refractivity contribution is 6.17. The van der Waals surface area contributed by atoms with Crippen molar-refractivity contribution in [1.82, 2.24) is 0 Å². The van der Waals surface area contributed by atoms with Crippen LogP contribution in [0.15, 0.2) is 47.5 Å². The van der Waals surface area contributed by atoms with E-state index < -0.39 is 6.09 Å². The second-order valence-electron chi connectivity index (χ2n) is 9.07.